The highest BCUT2D eigenvalue weighted by atomic mass is 19.3. The smallest absolute Gasteiger partial charge is 0.248 e. The number of aromatic nitrogens is 1. The van der Waals surface area contributed by atoms with Crippen LogP contribution in [0.1, 0.15) is 77.0 Å². The molecule has 2 fully saturated rings. The Morgan fingerprint density at radius 1 is 1.23 bits per heavy atom. The first kappa shape index (κ1) is 33.8. The molecule has 43 heavy (non-hydrogen) atoms. The molecule has 0 spiro atoms. The Morgan fingerprint density at radius 3 is 2.40 bits per heavy atom. The lowest BCUT2D eigenvalue weighted by Crippen LogP contribution is -2.46. The van der Waals surface area contributed by atoms with Crippen LogP contribution >= 0.6 is 0 Å². The Balaban J connectivity index is 0.000000386. The van der Waals surface area contributed by atoms with Gasteiger partial charge in [0.2, 0.25) is 11.8 Å². The number of nitrogens with zero attached hydrogens (tertiary/aromatic N) is 4. The molecule has 234 valence electrons. The van der Waals surface area contributed by atoms with Gasteiger partial charge in [-0.15, -0.1) is 0 Å². The maximum absolute atomic E-state index is 14.8. The second-order valence-corrected chi connectivity index (χ2v) is 12.6. The molecule has 0 radical (unpaired) electrons. The molecule has 2 heterocycles. The number of carbonyl (C=O) groups is 2. The number of hydrogen-bond donors (Lipinski definition) is 2. The third-order valence-electron chi connectivity index (χ3n) is 7.75. The number of aldehydes is 1. The molecule has 8 nitrogen and oxygen atoms in total. The number of alkyl halides is 2. The maximum Gasteiger partial charge on any atom is 0.248 e. The normalized spacial score (nSPS) is 22.5. The third kappa shape index (κ3) is 8.89. The number of amides is 1. The van der Waals surface area contributed by atoms with E-state index in [0.717, 1.165) is 6.20 Å². The number of rotatable bonds is 6. The molecule has 2 aromatic rings. The van der Waals surface area contributed by atoms with Crippen LogP contribution in [0.2, 0.25) is 0 Å². The van der Waals surface area contributed by atoms with Gasteiger partial charge in [-0.05, 0) is 48.9 Å². The summed E-state index contributed by atoms with van der Waals surface area (Å²) in [4.78, 5) is 30.3. The van der Waals surface area contributed by atoms with E-state index in [1.807, 2.05) is 27.0 Å². The fraction of sp³-hybridized carbons (Fsp3) is 0.548. The molecule has 1 aromatic carbocycles. The van der Waals surface area contributed by atoms with Crippen LogP contribution in [-0.2, 0) is 15.0 Å². The van der Waals surface area contributed by atoms with E-state index in [9.17, 15) is 32.3 Å². The van der Waals surface area contributed by atoms with Crippen molar-refractivity contribution in [2.24, 2.45) is 0 Å². The lowest BCUT2D eigenvalue weighted by molar-refractivity contribution is -0.124. The molecule has 2 aliphatic rings. The highest BCUT2D eigenvalue weighted by molar-refractivity contribution is 5.86. The summed E-state index contributed by atoms with van der Waals surface area (Å²) in [5.74, 6) is -4.21. The number of nitriles is 1. The van der Waals surface area contributed by atoms with Gasteiger partial charge in [0.05, 0.1) is 24.4 Å². The number of nitrogens with one attached hydrogen (secondary N) is 1. The molecule has 12 heteroatoms. The average Bonchev–Trinajstić information content (AvgIpc) is 3.23. The predicted octanol–water partition coefficient (Wildman–Crippen LogP) is 5.02. The Labute approximate surface area is 249 Å². The number of aliphatic hydroxyl groups is 1. The summed E-state index contributed by atoms with van der Waals surface area (Å²) >= 11 is 0. The Kier molecular flexibility index (Phi) is 10.4. The van der Waals surface area contributed by atoms with Gasteiger partial charge >= 0.3 is 0 Å². The van der Waals surface area contributed by atoms with E-state index >= 15 is 0 Å². The topological polar surface area (TPSA) is 110 Å². The zero-order valence-corrected chi connectivity index (χ0v) is 25.1. The standard InChI is InChI=1S/C24H29F4N3O.C7H10N2O2/c1-23(2,3)19-6-5-18(12-20(19)26)31(4)21(15-11-16(25)14-29-13-15)22(32)30-17-7-9-24(27,28)10-8-17;1-7(11)2-6(3-10)9(4-7)5-8/h5-6,11-14,17,21H,7-10H2,1-4H3,(H,30,32);3,6,11H,2,4H2,1H3/t;6?,7-/m.1/s1. The Hall–Kier alpha value is -3.72. The lowest BCUT2D eigenvalue weighted by Gasteiger charge is -2.33. The molecule has 1 saturated carbocycles. The molecule has 1 aromatic heterocycles. The van der Waals surface area contributed by atoms with Crippen molar-refractivity contribution in [3.8, 4) is 6.19 Å². The van der Waals surface area contributed by atoms with E-state index in [4.69, 9.17) is 5.26 Å². The summed E-state index contributed by atoms with van der Waals surface area (Å²) in [5.41, 5.74) is -0.0397. The number of benzene rings is 1. The van der Waals surface area contributed by atoms with E-state index in [2.05, 4.69) is 10.3 Å². The number of anilines is 1. The second-order valence-electron chi connectivity index (χ2n) is 12.6. The molecule has 2 unspecified atom stereocenters. The molecule has 1 saturated heterocycles. The van der Waals surface area contributed by atoms with Crippen molar-refractivity contribution in [2.75, 3.05) is 18.5 Å². The number of hydrogen-bond acceptors (Lipinski definition) is 7. The average molecular weight is 606 g/mol. The summed E-state index contributed by atoms with van der Waals surface area (Å²) in [6.07, 6.45) is 5.05. The summed E-state index contributed by atoms with van der Waals surface area (Å²) < 4.78 is 55.7. The van der Waals surface area contributed by atoms with Crippen LogP contribution < -0.4 is 10.2 Å². The van der Waals surface area contributed by atoms with Crippen molar-refractivity contribution in [1.29, 1.82) is 5.26 Å². The van der Waals surface area contributed by atoms with Gasteiger partial charge in [-0.25, -0.2) is 17.6 Å². The first-order valence-electron chi connectivity index (χ1n) is 14.1. The van der Waals surface area contributed by atoms with Crippen LogP contribution in [0.5, 0.6) is 0 Å². The van der Waals surface area contributed by atoms with Gasteiger partial charge in [0.1, 0.15) is 24.0 Å². The monoisotopic (exact) mass is 605 g/mol. The van der Waals surface area contributed by atoms with Crippen molar-refractivity contribution in [2.45, 2.75) is 94.9 Å². The minimum absolute atomic E-state index is 0.158. The van der Waals surface area contributed by atoms with E-state index in [1.165, 1.54) is 23.2 Å². The third-order valence-corrected chi connectivity index (χ3v) is 7.75. The SMILES string of the molecule is CN(c1ccc(C(C)(C)C)c(F)c1)C(C(=O)NC1CCC(F)(F)CC1)c1cncc(F)c1.C[C@@]1(O)CC(C=O)N(C#N)C1. The minimum Gasteiger partial charge on any atom is -0.388 e. The Bertz CT molecular complexity index is 1330. The van der Waals surface area contributed by atoms with Crippen LogP contribution in [0.4, 0.5) is 23.2 Å². The van der Waals surface area contributed by atoms with Crippen LogP contribution in [0.3, 0.4) is 0 Å². The quantitative estimate of drug-likeness (QED) is 0.270. The number of carbonyl (C=O) groups excluding carboxylic acids is 2. The van der Waals surface area contributed by atoms with Crippen LogP contribution in [0, 0.1) is 23.1 Å². The molecule has 4 rings (SSSR count). The number of likely N-dealkylation sites (N-methyl/N-ethyl adjacent to an activating group) is 1. The van der Waals surface area contributed by atoms with Crippen molar-refractivity contribution < 1.29 is 32.3 Å². The summed E-state index contributed by atoms with van der Waals surface area (Å²) in [5, 5.41) is 20.8. The van der Waals surface area contributed by atoms with Gasteiger partial charge in [0.15, 0.2) is 6.19 Å². The number of β-amino-alcohol motifs (C(OH)–C–C–N with tert-alkyl or cyclic N) is 1. The second kappa shape index (κ2) is 13.3. The highest BCUT2D eigenvalue weighted by Gasteiger charge is 2.39. The van der Waals surface area contributed by atoms with E-state index in [-0.39, 0.29) is 37.8 Å². The molecule has 0 bridgehead atoms. The molecular weight excluding hydrogens is 566 g/mol. The van der Waals surface area contributed by atoms with Gasteiger partial charge in [-0.1, -0.05) is 26.8 Å². The molecular formula is C31H39F4N5O3. The van der Waals surface area contributed by atoms with Gasteiger partial charge in [-0.3, -0.25) is 14.7 Å². The first-order valence-corrected chi connectivity index (χ1v) is 14.1. The zero-order valence-electron chi connectivity index (χ0n) is 25.1. The minimum atomic E-state index is -2.71. The molecule has 1 aliphatic carbocycles. The first-order chi connectivity index (χ1) is 20.0. The fourth-order valence-electron chi connectivity index (χ4n) is 5.41. The van der Waals surface area contributed by atoms with Crippen molar-refractivity contribution in [3.63, 3.8) is 0 Å². The van der Waals surface area contributed by atoms with Gasteiger partial charge in [0.25, 0.3) is 0 Å². The van der Waals surface area contributed by atoms with Crippen molar-refractivity contribution >= 4 is 17.9 Å². The molecule has 1 aliphatic heterocycles. The highest BCUT2D eigenvalue weighted by Crippen LogP contribution is 2.35. The number of likely N-dealkylation sites (tertiary alicyclic amines) is 1. The van der Waals surface area contributed by atoms with Gasteiger partial charge < -0.3 is 20.1 Å². The van der Waals surface area contributed by atoms with Crippen molar-refractivity contribution in [1.82, 2.24) is 15.2 Å². The van der Waals surface area contributed by atoms with Gasteiger partial charge in [-0.2, -0.15) is 5.26 Å². The Morgan fingerprint density at radius 2 is 1.88 bits per heavy atom. The summed E-state index contributed by atoms with van der Waals surface area (Å²) in [6, 6.07) is 4.06. The van der Waals surface area contributed by atoms with Crippen molar-refractivity contribution in [3.05, 3.63) is 59.4 Å². The van der Waals surface area contributed by atoms with E-state index in [0.29, 0.717) is 24.0 Å². The van der Waals surface area contributed by atoms with Gasteiger partial charge in [0, 0.05) is 49.8 Å². The number of pyridine rings is 1. The van der Waals surface area contributed by atoms with Crippen LogP contribution in [0.15, 0.2) is 36.7 Å². The maximum atomic E-state index is 14.8. The molecule has 3 atom stereocenters. The molecule has 1 amide bonds. The zero-order chi connectivity index (χ0) is 32.2. The number of halogens is 4. The van der Waals surface area contributed by atoms with Crippen LogP contribution in [0.25, 0.3) is 0 Å². The largest absolute Gasteiger partial charge is 0.388 e. The fourth-order valence-corrected chi connectivity index (χ4v) is 5.41. The van der Waals surface area contributed by atoms with E-state index in [1.54, 1.807) is 31.0 Å². The summed E-state index contributed by atoms with van der Waals surface area (Å²) in [6.45, 7) is 7.58. The lowest BCUT2D eigenvalue weighted by atomic mass is 9.86. The summed E-state index contributed by atoms with van der Waals surface area (Å²) in [7, 11) is 1.61. The molecule has 2 N–H and O–H groups in total. The van der Waals surface area contributed by atoms with Crippen LogP contribution in [-0.4, -0.2) is 64.4 Å². The predicted molar refractivity (Wildman–Crippen MR) is 153 cm³/mol. The van der Waals surface area contributed by atoms with E-state index < -0.39 is 52.6 Å².